The minimum absolute atomic E-state index is 0.0228. The van der Waals surface area contributed by atoms with Crippen molar-refractivity contribution in [1.82, 2.24) is 0 Å². The predicted octanol–water partition coefficient (Wildman–Crippen LogP) is 6.39. The Morgan fingerprint density at radius 1 is 1.14 bits per heavy atom. The highest BCUT2D eigenvalue weighted by atomic mass is 127. The largest absolute Gasteiger partial charge is 0.493 e. The van der Waals surface area contributed by atoms with Crippen LogP contribution in [0, 0.1) is 17.3 Å². The van der Waals surface area contributed by atoms with Crippen LogP contribution >= 0.6 is 56.8 Å². The molecule has 1 heterocycles. The van der Waals surface area contributed by atoms with Crippen LogP contribution in [0.1, 0.15) is 16.7 Å². The molecule has 8 nitrogen and oxygen atoms in total. The van der Waals surface area contributed by atoms with Gasteiger partial charge in [-0.05, 0) is 87.2 Å². The van der Waals surface area contributed by atoms with Crippen LogP contribution in [0.25, 0.3) is 6.08 Å². The van der Waals surface area contributed by atoms with Gasteiger partial charge in [-0.1, -0.05) is 29.8 Å². The van der Waals surface area contributed by atoms with Gasteiger partial charge in [-0.2, -0.15) is 0 Å². The van der Waals surface area contributed by atoms with Crippen LogP contribution in [-0.2, 0) is 16.1 Å². The molecule has 0 fully saturated rings. The van der Waals surface area contributed by atoms with Crippen LogP contribution < -0.4 is 9.47 Å². The third-order valence-electron chi connectivity index (χ3n) is 4.90. The molecule has 3 aromatic carbocycles. The number of carbonyl (C=O) groups is 1. The van der Waals surface area contributed by atoms with E-state index in [4.69, 9.17) is 25.8 Å². The van der Waals surface area contributed by atoms with Gasteiger partial charge in [-0.15, -0.1) is 0 Å². The number of carbonyl (C=O) groups excluding carboxylic acids is 1. The molecule has 4 rings (SSSR count). The summed E-state index contributed by atoms with van der Waals surface area (Å²) in [7, 11) is 1.54. The van der Waals surface area contributed by atoms with E-state index in [-0.39, 0.29) is 27.9 Å². The van der Waals surface area contributed by atoms with E-state index in [1.54, 1.807) is 12.1 Å². The maximum atomic E-state index is 12.4. The number of nitro benzene ring substituents is 1. The molecular weight excluding hydrogens is 702 g/mol. The van der Waals surface area contributed by atoms with Crippen LogP contribution in [0.2, 0.25) is 5.02 Å². The fraction of sp³-hybridized carbons (Fsp3) is 0.0833. The van der Waals surface area contributed by atoms with Crippen molar-refractivity contribution in [1.29, 1.82) is 0 Å². The number of methoxy groups -OCH3 is 1. The Balaban J connectivity index is 1.61. The maximum absolute atomic E-state index is 12.4. The monoisotopic (exact) mass is 716 g/mol. The Labute approximate surface area is 232 Å². The number of rotatable bonds is 7. The van der Waals surface area contributed by atoms with E-state index in [1.807, 2.05) is 30.3 Å². The molecule has 1 aliphatic heterocycles. The number of nitro groups is 1. The van der Waals surface area contributed by atoms with Gasteiger partial charge in [0.1, 0.15) is 11.6 Å². The zero-order valence-corrected chi connectivity index (χ0v) is 23.0. The Morgan fingerprint density at radius 3 is 2.63 bits per heavy atom. The van der Waals surface area contributed by atoms with Crippen LogP contribution in [-0.4, -0.2) is 23.9 Å². The number of cyclic esters (lactones) is 1. The van der Waals surface area contributed by atoms with E-state index in [1.165, 1.54) is 25.3 Å². The molecule has 35 heavy (non-hydrogen) atoms. The molecule has 178 valence electrons. The Bertz CT molecular complexity index is 1410. The van der Waals surface area contributed by atoms with Crippen LogP contribution in [0.5, 0.6) is 11.5 Å². The number of hydrogen-bond donors (Lipinski definition) is 0. The molecule has 0 saturated heterocycles. The summed E-state index contributed by atoms with van der Waals surface area (Å²) in [6, 6.07) is 15.5. The van der Waals surface area contributed by atoms with Crippen LogP contribution in [0.4, 0.5) is 5.69 Å². The summed E-state index contributed by atoms with van der Waals surface area (Å²) in [6.45, 7) is 0.374. The van der Waals surface area contributed by atoms with E-state index < -0.39 is 10.9 Å². The fourth-order valence-corrected chi connectivity index (χ4v) is 4.72. The number of hydrogen-bond acceptors (Lipinski definition) is 7. The first-order valence-corrected chi connectivity index (χ1v) is 12.5. The van der Waals surface area contributed by atoms with Crippen molar-refractivity contribution in [3.05, 3.63) is 99.3 Å². The molecule has 0 spiro atoms. The van der Waals surface area contributed by atoms with Gasteiger partial charge in [-0.25, -0.2) is 9.79 Å². The summed E-state index contributed by atoms with van der Waals surface area (Å²) in [4.78, 5) is 27.2. The maximum Gasteiger partial charge on any atom is 0.363 e. The van der Waals surface area contributed by atoms with Crippen molar-refractivity contribution < 1.29 is 23.9 Å². The summed E-state index contributed by atoms with van der Waals surface area (Å²) in [5.41, 5.74) is 1.70. The molecule has 0 aliphatic carbocycles. The zero-order chi connectivity index (χ0) is 25.1. The van der Waals surface area contributed by atoms with Crippen molar-refractivity contribution in [2.45, 2.75) is 6.61 Å². The lowest BCUT2D eigenvalue weighted by Gasteiger charge is -2.14. The highest BCUT2D eigenvalue weighted by molar-refractivity contribution is 14.1. The first-order chi connectivity index (χ1) is 16.8. The highest BCUT2D eigenvalue weighted by Gasteiger charge is 2.26. The van der Waals surface area contributed by atoms with E-state index in [9.17, 15) is 14.9 Å². The van der Waals surface area contributed by atoms with Gasteiger partial charge in [-0.3, -0.25) is 10.1 Å². The van der Waals surface area contributed by atoms with Gasteiger partial charge in [0.2, 0.25) is 5.90 Å². The normalized spacial score (nSPS) is 14.0. The minimum atomic E-state index is -0.675. The molecule has 0 amide bonds. The van der Waals surface area contributed by atoms with Crippen LogP contribution in [0.3, 0.4) is 0 Å². The van der Waals surface area contributed by atoms with Crippen molar-refractivity contribution in [2.75, 3.05) is 7.11 Å². The quantitative estimate of drug-likeness (QED) is 0.0925. The smallest absolute Gasteiger partial charge is 0.363 e. The van der Waals surface area contributed by atoms with Gasteiger partial charge < -0.3 is 14.2 Å². The minimum Gasteiger partial charge on any atom is -0.493 e. The predicted molar refractivity (Wildman–Crippen MR) is 148 cm³/mol. The molecule has 0 N–H and O–H groups in total. The molecule has 0 atom stereocenters. The Hall–Kier alpha value is -2.71. The number of halogens is 3. The van der Waals surface area contributed by atoms with Crippen LogP contribution in [0.15, 0.2) is 65.3 Å². The van der Waals surface area contributed by atoms with Crippen molar-refractivity contribution >= 4 is 80.4 Å². The van der Waals surface area contributed by atoms with E-state index in [0.29, 0.717) is 23.7 Å². The Kier molecular flexibility index (Phi) is 7.91. The lowest BCUT2D eigenvalue weighted by atomic mass is 10.1. The third-order valence-corrected chi connectivity index (χ3v) is 7.07. The molecule has 0 aromatic heterocycles. The molecule has 0 saturated carbocycles. The van der Waals surface area contributed by atoms with Gasteiger partial charge in [0, 0.05) is 20.8 Å². The van der Waals surface area contributed by atoms with Crippen molar-refractivity contribution in [3.8, 4) is 11.5 Å². The molecule has 1 aliphatic rings. The first-order valence-electron chi connectivity index (χ1n) is 9.97. The SMILES string of the molecule is COc1cc(/C=C2\N=C(c3ccc(Cl)c([N+](=O)[O-])c3)OC2=O)cc(I)c1OCc1ccccc1I. The van der Waals surface area contributed by atoms with E-state index in [0.717, 1.165) is 12.7 Å². The average molecular weight is 717 g/mol. The summed E-state index contributed by atoms with van der Waals surface area (Å²) >= 11 is 10.3. The number of benzene rings is 3. The van der Waals surface area contributed by atoms with E-state index in [2.05, 4.69) is 50.2 Å². The molecule has 0 radical (unpaired) electrons. The fourth-order valence-electron chi connectivity index (χ4n) is 3.20. The first kappa shape index (κ1) is 25.4. The summed E-state index contributed by atoms with van der Waals surface area (Å²) in [6.07, 6.45) is 1.55. The second-order valence-electron chi connectivity index (χ2n) is 7.17. The molecule has 0 unspecified atom stereocenters. The lowest BCUT2D eigenvalue weighted by molar-refractivity contribution is -0.384. The lowest BCUT2D eigenvalue weighted by Crippen LogP contribution is -2.06. The van der Waals surface area contributed by atoms with Gasteiger partial charge >= 0.3 is 5.97 Å². The van der Waals surface area contributed by atoms with E-state index >= 15 is 0 Å². The van der Waals surface area contributed by atoms with Crippen molar-refractivity contribution in [2.24, 2.45) is 4.99 Å². The molecule has 0 bridgehead atoms. The Morgan fingerprint density at radius 2 is 1.91 bits per heavy atom. The highest BCUT2D eigenvalue weighted by Crippen LogP contribution is 2.36. The summed E-state index contributed by atoms with van der Waals surface area (Å²) in [5.74, 6) is 0.366. The second kappa shape index (κ2) is 10.9. The average Bonchev–Trinajstić information content (AvgIpc) is 3.19. The number of esters is 1. The van der Waals surface area contributed by atoms with Gasteiger partial charge in [0.25, 0.3) is 5.69 Å². The number of aliphatic imine (C=N–C) groups is 1. The second-order valence-corrected chi connectivity index (χ2v) is 9.91. The third kappa shape index (κ3) is 5.76. The van der Waals surface area contributed by atoms with Gasteiger partial charge in [0.05, 0.1) is 15.6 Å². The molecule has 3 aromatic rings. The number of nitrogens with zero attached hydrogens (tertiary/aromatic N) is 2. The summed E-state index contributed by atoms with van der Waals surface area (Å²) in [5, 5.41) is 11.1. The topological polar surface area (TPSA) is 100 Å². The van der Waals surface area contributed by atoms with Gasteiger partial charge in [0.15, 0.2) is 17.2 Å². The standard InChI is InChI=1S/C24H15ClI2N2O6/c1-33-21-10-13(8-18(27)22(21)34-12-15-4-2-3-5-17(15)26)9-19-24(30)35-23(28-19)14-6-7-16(25)20(11-14)29(31)32/h2-11H,12H2,1H3/b19-9-. The molecule has 11 heteroatoms. The number of ether oxygens (including phenoxy) is 3. The summed E-state index contributed by atoms with van der Waals surface area (Å²) < 4.78 is 18.7. The zero-order valence-electron chi connectivity index (χ0n) is 18.0. The van der Waals surface area contributed by atoms with Crippen molar-refractivity contribution in [3.63, 3.8) is 0 Å². The molecular formula is C24H15ClI2N2O6.